The zero-order valence-corrected chi connectivity index (χ0v) is 11.2. The molecule has 0 bridgehead atoms. The summed E-state index contributed by atoms with van der Waals surface area (Å²) in [5, 5.41) is 2.80. The second-order valence-electron chi connectivity index (χ2n) is 5.43. The van der Waals surface area contributed by atoms with Crippen molar-refractivity contribution < 1.29 is 0 Å². The van der Waals surface area contributed by atoms with E-state index in [2.05, 4.69) is 68.4 Å². The summed E-state index contributed by atoms with van der Waals surface area (Å²) in [6.45, 7) is 4.37. The van der Waals surface area contributed by atoms with Gasteiger partial charge in [0.15, 0.2) is 0 Å². The Morgan fingerprint density at radius 3 is 1.95 bits per heavy atom. The molecule has 0 unspecified atom stereocenters. The fourth-order valence-corrected chi connectivity index (χ4v) is 3.24. The lowest BCUT2D eigenvalue weighted by molar-refractivity contribution is 1.16. The van der Waals surface area contributed by atoms with Gasteiger partial charge in [-0.1, -0.05) is 30.3 Å². The number of hydrogen-bond acceptors (Lipinski definition) is 0. The molecule has 0 atom stereocenters. The normalized spacial score (nSPS) is 11.7. The van der Waals surface area contributed by atoms with Gasteiger partial charge in [0.2, 0.25) is 0 Å². The molecule has 19 heavy (non-hydrogen) atoms. The highest BCUT2D eigenvalue weighted by Gasteiger charge is 2.26. The Morgan fingerprint density at radius 1 is 0.632 bits per heavy atom. The van der Waals surface area contributed by atoms with Crippen LogP contribution in [0.4, 0.5) is 0 Å². The van der Waals surface area contributed by atoms with Crippen LogP contribution in [0.1, 0.15) is 19.4 Å². The summed E-state index contributed by atoms with van der Waals surface area (Å²) in [4.78, 5) is 0. The van der Waals surface area contributed by atoms with E-state index in [1.54, 1.807) is 0 Å². The van der Waals surface area contributed by atoms with Crippen LogP contribution in [0.25, 0.3) is 33.0 Å². The molecule has 4 rings (SSSR count). The fourth-order valence-electron chi connectivity index (χ4n) is 3.24. The smallest absolute Gasteiger partial charge is 0.0616 e. The Morgan fingerprint density at radius 2 is 1.26 bits per heavy atom. The SMILES string of the molecule is C[C+](C)c1ccc2c3c(cccc13)-c1ccccc1-2. The molecule has 0 spiro atoms. The molecule has 0 saturated heterocycles. The van der Waals surface area contributed by atoms with Gasteiger partial charge in [-0.2, -0.15) is 0 Å². The standard InChI is InChI=1S/C19H15/c1-12(2)13-10-11-18-15-7-4-3-6-14(15)17-9-5-8-16(13)19(17)18/h3-11H,1-2H3/q+1. The van der Waals surface area contributed by atoms with Crippen molar-refractivity contribution in [3.8, 4) is 22.3 Å². The first-order valence-corrected chi connectivity index (χ1v) is 6.73. The number of benzene rings is 3. The molecule has 0 amide bonds. The van der Waals surface area contributed by atoms with E-state index in [-0.39, 0.29) is 0 Å². The topological polar surface area (TPSA) is 0 Å². The van der Waals surface area contributed by atoms with Gasteiger partial charge in [-0.15, -0.1) is 0 Å². The summed E-state index contributed by atoms with van der Waals surface area (Å²) in [5.74, 6) is 1.37. The van der Waals surface area contributed by atoms with E-state index in [1.165, 1.54) is 44.5 Å². The molecule has 0 fully saturated rings. The van der Waals surface area contributed by atoms with E-state index >= 15 is 0 Å². The maximum atomic E-state index is 2.28. The van der Waals surface area contributed by atoms with Gasteiger partial charge in [0.25, 0.3) is 0 Å². The molecule has 1 aliphatic carbocycles. The minimum absolute atomic E-state index is 1.37. The molecule has 0 heteroatoms. The summed E-state index contributed by atoms with van der Waals surface area (Å²) in [7, 11) is 0. The molecule has 90 valence electrons. The molecular weight excluding hydrogens is 228 g/mol. The number of hydrogen-bond donors (Lipinski definition) is 0. The Hall–Kier alpha value is -2.21. The summed E-state index contributed by atoms with van der Waals surface area (Å²) >= 11 is 0. The summed E-state index contributed by atoms with van der Waals surface area (Å²) in [5.41, 5.74) is 6.87. The Labute approximate surface area is 113 Å². The van der Waals surface area contributed by atoms with Crippen LogP contribution in [0, 0.1) is 5.92 Å². The van der Waals surface area contributed by atoms with E-state index < -0.39 is 0 Å². The second-order valence-corrected chi connectivity index (χ2v) is 5.43. The van der Waals surface area contributed by atoms with Crippen molar-refractivity contribution in [1.29, 1.82) is 0 Å². The maximum absolute atomic E-state index is 2.28. The van der Waals surface area contributed by atoms with E-state index in [9.17, 15) is 0 Å². The monoisotopic (exact) mass is 243 g/mol. The van der Waals surface area contributed by atoms with Crippen LogP contribution in [0.3, 0.4) is 0 Å². The molecule has 0 N–H and O–H groups in total. The van der Waals surface area contributed by atoms with Crippen molar-refractivity contribution >= 4 is 10.8 Å². The van der Waals surface area contributed by atoms with E-state index in [0.29, 0.717) is 0 Å². The van der Waals surface area contributed by atoms with Crippen LogP contribution < -0.4 is 0 Å². The van der Waals surface area contributed by atoms with Crippen molar-refractivity contribution in [2.45, 2.75) is 13.8 Å². The lowest BCUT2D eigenvalue weighted by Gasteiger charge is -2.03. The van der Waals surface area contributed by atoms with Gasteiger partial charge in [-0.05, 0) is 17.2 Å². The van der Waals surface area contributed by atoms with Gasteiger partial charge in [-0.3, -0.25) is 0 Å². The third-order valence-corrected chi connectivity index (χ3v) is 4.09. The molecule has 0 radical (unpaired) electrons. The van der Waals surface area contributed by atoms with Crippen LogP contribution >= 0.6 is 0 Å². The van der Waals surface area contributed by atoms with Crippen LogP contribution in [0.15, 0.2) is 54.6 Å². The van der Waals surface area contributed by atoms with Gasteiger partial charge >= 0.3 is 0 Å². The number of rotatable bonds is 1. The molecule has 0 heterocycles. The molecule has 0 aliphatic heterocycles. The van der Waals surface area contributed by atoms with Gasteiger partial charge in [0, 0.05) is 49.1 Å². The lowest BCUT2D eigenvalue weighted by Crippen LogP contribution is -1.90. The minimum atomic E-state index is 1.37. The predicted octanol–water partition coefficient (Wildman–Crippen LogP) is 5.45. The quantitative estimate of drug-likeness (QED) is 0.390. The molecule has 3 aromatic carbocycles. The highest BCUT2D eigenvalue weighted by Crippen LogP contribution is 2.48. The highest BCUT2D eigenvalue weighted by atomic mass is 14.2. The number of fused-ring (bicyclic) bond motifs is 3. The second kappa shape index (κ2) is 3.64. The van der Waals surface area contributed by atoms with Crippen molar-refractivity contribution in [3.05, 3.63) is 66.1 Å². The fraction of sp³-hybridized carbons (Fsp3) is 0.105. The van der Waals surface area contributed by atoms with Gasteiger partial charge in [0.1, 0.15) is 5.56 Å². The molecular formula is C19H15+. The van der Waals surface area contributed by atoms with E-state index in [0.717, 1.165) is 0 Å². The van der Waals surface area contributed by atoms with Crippen LogP contribution in [-0.2, 0) is 0 Å². The van der Waals surface area contributed by atoms with Gasteiger partial charge in [-0.25, -0.2) is 0 Å². The molecule has 1 aliphatic rings. The van der Waals surface area contributed by atoms with Gasteiger partial charge in [0.05, 0.1) is 10.8 Å². The van der Waals surface area contributed by atoms with Crippen LogP contribution in [0.2, 0.25) is 0 Å². The summed E-state index contributed by atoms with van der Waals surface area (Å²) in [6.07, 6.45) is 0. The average molecular weight is 243 g/mol. The maximum Gasteiger partial charge on any atom is 0.140 e. The van der Waals surface area contributed by atoms with Crippen LogP contribution in [-0.4, -0.2) is 0 Å². The highest BCUT2D eigenvalue weighted by molar-refractivity contribution is 6.16. The Bertz CT molecular complexity index is 765. The molecule has 3 aromatic rings. The first-order valence-electron chi connectivity index (χ1n) is 6.73. The lowest BCUT2D eigenvalue weighted by atomic mass is 9.93. The first kappa shape index (κ1) is 10.7. The zero-order chi connectivity index (χ0) is 13.0. The van der Waals surface area contributed by atoms with Crippen molar-refractivity contribution in [1.82, 2.24) is 0 Å². The van der Waals surface area contributed by atoms with Crippen molar-refractivity contribution in [2.24, 2.45) is 0 Å². The van der Waals surface area contributed by atoms with Crippen LogP contribution in [0.5, 0.6) is 0 Å². The van der Waals surface area contributed by atoms with Crippen molar-refractivity contribution in [3.63, 3.8) is 0 Å². The largest absolute Gasteiger partial charge is 0.140 e. The Kier molecular flexibility index (Phi) is 2.05. The third kappa shape index (κ3) is 1.31. The van der Waals surface area contributed by atoms with E-state index in [4.69, 9.17) is 0 Å². The molecule has 0 saturated carbocycles. The predicted molar refractivity (Wildman–Crippen MR) is 82.1 cm³/mol. The third-order valence-electron chi connectivity index (χ3n) is 4.09. The molecule has 0 aromatic heterocycles. The Balaban J connectivity index is 2.20. The van der Waals surface area contributed by atoms with Gasteiger partial charge < -0.3 is 0 Å². The van der Waals surface area contributed by atoms with E-state index in [1.807, 2.05) is 0 Å². The summed E-state index contributed by atoms with van der Waals surface area (Å²) < 4.78 is 0. The summed E-state index contributed by atoms with van der Waals surface area (Å²) in [6, 6.07) is 19.9. The molecule has 0 nitrogen and oxygen atoms in total. The first-order chi connectivity index (χ1) is 9.27. The average Bonchev–Trinajstić information content (AvgIpc) is 2.76. The zero-order valence-electron chi connectivity index (χ0n) is 11.2. The minimum Gasteiger partial charge on any atom is -0.0616 e. The van der Waals surface area contributed by atoms with Crippen molar-refractivity contribution in [2.75, 3.05) is 0 Å².